The Balaban J connectivity index is 1.62. The van der Waals surface area contributed by atoms with Crippen molar-refractivity contribution in [3.63, 3.8) is 0 Å². The summed E-state index contributed by atoms with van der Waals surface area (Å²) < 4.78 is 3.72. The van der Waals surface area contributed by atoms with E-state index in [4.69, 9.17) is 0 Å². The largest absolute Gasteiger partial charge is 0.332 e. The number of rotatable bonds is 4. The number of nitrogens with one attached hydrogen (secondary N) is 1. The van der Waals surface area contributed by atoms with Gasteiger partial charge >= 0.3 is 5.69 Å². The van der Waals surface area contributed by atoms with Gasteiger partial charge in [0, 0.05) is 37.4 Å². The van der Waals surface area contributed by atoms with Crippen LogP contribution in [0.15, 0.2) is 45.8 Å². The van der Waals surface area contributed by atoms with Crippen LogP contribution in [-0.2, 0) is 18.9 Å². The summed E-state index contributed by atoms with van der Waals surface area (Å²) in [6, 6.07) is 2.77. The van der Waals surface area contributed by atoms with Gasteiger partial charge in [0.25, 0.3) is 5.56 Å². The third-order valence-electron chi connectivity index (χ3n) is 4.66. The Morgan fingerprint density at radius 1 is 1.14 bits per heavy atom. The molecule has 10 nitrogen and oxygen atoms in total. The number of carbonyl (C=O) groups is 1. The summed E-state index contributed by atoms with van der Waals surface area (Å²) >= 11 is 1.50. The molecule has 0 radical (unpaired) electrons. The first kappa shape index (κ1) is 18.7. The van der Waals surface area contributed by atoms with Crippen LogP contribution in [0.4, 0.5) is 5.82 Å². The lowest BCUT2D eigenvalue weighted by Crippen LogP contribution is -2.38. The highest BCUT2D eigenvalue weighted by Gasteiger charge is 2.22. The van der Waals surface area contributed by atoms with Gasteiger partial charge in [-0.1, -0.05) is 0 Å². The Morgan fingerprint density at radius 3 is 2.59 bits per heavy atom. The quantitative estimate of drug-likeness (QED) is 0.538. The lowest BCUT2D eigenvalue weighted by atomic mass is 10.2. The molecule has 1 atom stereocenters. The normalized spacial score (nSPS) is 12.2. The Kier molecular flexibility index (Phi) is 4.59. The summed E-state index contributed by atoms with van der Waals surface area (Å²) in [7, 11) is 2.92. The van der Waals surface area contributed by atoms with Gasteiger partial charge in [0.1, 0.15) is 16.9 Å². The summed E-state index contributed by atoms with van der Waals surface area (Å²) in [6.07, 6.45) is 4.74. The average Bonchev–Trinajstić information content (AvgIpc) is 3.41. The average molecular weight is 411 g/mol. The van der Waals surface area contributed by atoms with Gasteiger partial charge in [0.15, 0.2) is 11.2 Å². The number of amides is 1. The Hall–Kier alpha value is -3.60. The minimum Gasteiger partial charge on any atom is -0.312 e. The molecule has 0 aliphatic rings. The van der Waals surface area contributed by atoms with Crippen molar-refractivity contribution >= 4 is 34.2 Å². The molecule has 0 saturated carbocycles. The van der Waals surface area contributed by atoms with E-state index in [0.717, 1.165) is 15.1 Å². The number of hydrogen-bond donors (Lipinski definition) is 1. The molecular formula is C18H17N7O3S. The Labute approximate surface area is 168 Å². The molecule has 4 heterocycles. The number of fused-ring (bicyclic) bond motifs is 1. The van der Waals surface area contributed by atoms with E-state index in [1.807, 2.05) is 11.4 Å². The summed E-state index contributed by atoms with van der Waals surface area (Å²) in [5, 5.41) is 5.45. The minimum absolute atomic E-state index is 0.185. The number of aromatic nitrogens is 6. The molecule has 1 amide bonds. The maximum atomic E-state index is 12.7. The Morgan fingerprint density at radius 2 is 1.93 bits per heavy atom. The van der Waals surface area contributed by atoms with Crippen molar-refractivity contribution in [3.8, 4) is 10.6 Å². The fourth-order valence-electron chi connectivity index (χ4n) is 2.98. The monoisotopic (exact) mass is 411 g/mol. The Bertz CT molecular complexity index is 1320. The minimum atomic E-state index is -0.745. The van der Waals surface area contributed by atoms with E-state index in [2.05, 4.69) is 20.3 Å². The molecule has 0 spiro atoms. The summed E-state index contributed by atoms with van der Waals surface area (Å²) in [5.74, 6) is 0.0154. The number of imidazole rings is 1. The molecule has 0 bridgehead atoms. The van der Waals surface area contributed by atoms with Gasteiger partial charge < -0.3 is 9.88 Å². The summed E-state index contributed by atoms with van der Waals surface area (Å²) in [4.78, 5) is 50.0. The number of thiazole rings is 1. The van der Waals surface area contributed by atoms with Gasteiger partial charge in [-0.25, -0.2) is 19.7 Å². The highest BCUT2D eigenvalue weighted by atomic mass is 32.1. The summed E-state index contributed by atoms with van der Waals surface area (Å²) in [5.41, 5.74) is 0.282. The lowest BCUT2D eigenvalue weighted by Gasteiger charge is -2.14. The van der Waals surface area contributed by atoms with Crippen LogP contribution in [-0.4, -0.2) is 34.6 Å². The molecule has 4 rings (SSSR count). The van der Waals surface area contributed by atoms with E-state index in [9.17, 15) is 14.4 Å². The number of aryl methyl sites for hydroxylation is 1. The molecule has 0 saturated heterocycles. The number of hydrogen-bond acceptors (Lipinski definition) is 7. The van der Waals surface area contributed by atoms with Crippen LogP contribution in [0.3, 0.4) is 0 Å². The SMILES string of the molecule is C[C@H](C(=O)Nc1ccc(-c2nccs2)cn1)n1cnc2c1c(=O)n(C)c(=O)n2C. The van der Waals surface area contributed by atoms with Crippen molar-refractivity contribution in [2.45, 2.75) is 13.0 Å². The van der Waals surface area contributed by atoms with E-state index in [-0.39, 0.29) is 17.1 Å². The van der Waals surface area contributed by atoms with Gasteiger partial charge in [0.2, 0.25) is 5.91 Å². The van der Waals surface area contributed by atoms with Crippen molar-refractivity contribution in [3.05, 3.63) is 57.1 Å². The second-order valence-electron chi connectivity index (χ2n) is 6.46. The second-order valence-corrected chi connectivity index (χ2v) is 7.36. The van der Waals surface area contributed by atoms with Crippen molar-refractivity contribution in [1.82, 2.24) is 28.7 Å². The smallest absolute Gasteiger partial charge is 0.312 e. The standard InChI is InChI=1S/C18H17N7O3S/c1-10(25-9-21-14-13(25)17(27)24(3)18(28)23(14)2)15(26)22-12-5-4-11(8-20-12)16-19-6-7-29-16/h4-10H,1-3H3,(H,20,22,26)/t10-/m1/s1. The zero-order chi connectivity index (χ0) is 20.7. The predicted molar refractivity (Wildman–Crippen MR) is 109 cm³/mol. The molecule has 29 heavy (non-hydrogen) atoms. The van der Waals surface area contributed by atoms with Gasteiger partial charge in [-0.3, -0.25) is 18.7 Å². The van der Waals surface area contributed by atoms with E-state index in [0.29, 0.717) is 5.82 Å². The number of anilines is 1. The summed E-state index contributed by atoms with van der Waals surface area (Å²) in [6.45, 7) is 1.64. The van der Waals surface area contributed by atoms with E-state index >= 15 is 0 Å². The van der Waals surface area contributed by atoms with Crippen molar-refractivity contribution < 1.29 is 4.79 Å². The molecule has 11 heteroatoms. The molecule has 4 aromatic heterocycles. The van der Waals surface area contributed by atoms with Crippen LogP contribution in [0.5, 0.6) is 0 Å². The first-order chi connectivity index (χ1) is 13.9. The molecule has 148 valence electrons. The first-order valence-electron chi connectivity index (χ1n) is 8.68. The molecular weight excluding hydrogens is 394 g/mol. The van der Waals surface area contributed by atoms with E-state index in [1.54, 1.807) is 25.4 Å². The van der Waals surface area contributed by atoms with E-state index < -0.39 is 17.3 Å². The van der Waals surface area contributed by atoms with Crippen LogP contribution in [0.25, 0.3) is 21.7 Å². The fourth-order valence-corrected chi connectivity index (χ4v) is 3.60. The second kappa shape index (κ2) is 7.09. The number of carbonyl (C=O) groups excluding carboxylic acids is 1. The number of nitrogens with zero attached hydrogens (tertiary/aromatic N) is 6. The lowest BCUT2D eigenvalue weighted by molar-refractivity contribution is -0.118. The van der Waals surface area contributed by atoms with Crippen LogP contribution in [0.2, 0.25) is 0 Å². The molecule has 1 N–H and O–H groups in total. The third kappa shape index (κ3) is 3.14. The van der Waals surface area contributed by atoms with Crippen LogP contribution in [0, 0.1) is 0 Å². The van der Waals surface area contributed by atoms with Crippen LogP contribution >= 0.6 is 11.3 Å². The molecule has 4 aromatic rings. The van der Waals surface area contributed by atoms with Crippen molar-refractivity contribution in [2.24, 2.45) is 14.1 Å². The molecule has 0 fully saturated rings. The highest BCUT2D eigenvalue weighted by Crippen LogP contribution is 2.22. The molecule has 0 aromatic carbocycles. The zero-order valence-corrected chi connectivity index (χ0v) is 16.7. The van der Waals surface area contributed by atoms with Crippen molar-refractivity contribution in [1.29, 1.82) is 0 Å². The first-order valence-corrected chi connectivity index (χ1v) is 9.55. The highest BCUT2D eigenvalue weighted by molar-refractivity contribution is 7.13. The molecule has 0 aliphatic heterocycles. The van der Waals surface area contributed by atoms with Gasteiger partial charge in [-0.2, -0.15) is 0 Å². The van der Waals surface area contributed by atoms with Crippen molar-refractivity contribution in [2.75, 3.05) is 5.32 Å². The predicted octanol–water partition coefficient (Wildman–Crippen LogP) is 1.15. The van der Waals surface area contributed by atoms with Crippen LogP contribution in [0.1, 0.15) is 13.0 Å². The van der Waals surface area contributed by atoms with Gasteiger partial charge in [-0.15, -0.1) is 11.3 Å². The van der Waals surface area contributed by atoms with Gasteiger partial charge in [0.05, 0.1) is 6.33 Å². The topological polar surface area (TPSA) is 117 Å². The molecule has 0 unspecified atom stereocenters. The van der Waals surface area contributed by atoms with E-state index in [1.165, 1.54) is 40.9 Å². The number of pyridine rings is 1. The third-order valence-corrected chi connectivity index (χ3v) is 5.49. The molecule has 0 aliphatic carbocycles. The van der Waals surface area contributed by atoms with Gasteiger partial charge in [-0.05, 0) is 19.1 Å². The van der Waals surface area contributed by atoms with Crippen LogP contribution < -0.4 is 16.6 Å². The zero-order valence-electron chi connectivity index (χ0n) is 15.9. The maximum Gasteiger partial charge on any atom is 0.332 e. The maximum absolute atomic E-state index is 12.7. The fraction of sp³-hybridized carbons (Fsp3) is 0.222.